The summed E-state index contributed by atoms with van der Waals surface area (Å²) in [6.45, 7) is 1.68. The number of hydrogen-bond acceptors (Lipinski definition) is 18. The minimum absolute atomic E-state index is 0.233. The topological polar surface area (TPSA) is 307 Å². The molecule has 17 unspecified atom stereocenters. The van der Waals surface area contributed by atoms with Gasteiger partial charge in [-0.25, -0.2) is 0 Å². The molecule has 0 saturated carbocycles. The third-order valence-electron chi connectivity index (χ3n) is 18.0. The molecule has 0 aromatic heterocycles. The van der Waals surface area contributed by atoms with Crippen LogP contribution in [0.5, 0.6) is 0 Å². The highest BCUT2D eigenvalue weighted by molar-refractivity contribution is 5.76. The summed E-state index contributed by atoms with van der Waals surface area (Å²) in [5, 5.41) is 121. The van der Waals surface area contributed by atoms with Crippen molar-refractivity contribution < 1.29 is 89.4 Å². The average Bonchev–Trinajstić information content (AvgIpc) is 0.814. The average molecular weight is 1320 g/mol. The van der Waals surface area contributed by atoms with Crippen molar-refractivity contribution in [3.8, 4) is 0 Å². The lowest BCUT2D eigenvalue weighted by Crippen LogP contribution is -2.66. The van der Waals surface area contributed by atoms with Crippen LogP contribution in [0.3, 0.4) is 0 Å². The number of amides is 1. The fourth-order valence-corrected chi connectivity index (χ4v) is 12.1. The number of aliphatic hydroxyl groups is 11. The lowest BCUT2D eigenvalue weighted by atomic mass is 9.96. The highest BCUT2D eigenvalue weighted by atomic mass is 16.8. The maximum absolute atomic E-state index is 13.4. The highest BCUT2D eigenvalue weighted by Gasteiger charge is 2.53. The first-order chi connectivity index (χ1) is 45.3. The summed E-state index contributed by atoms with van der Waals surface area (Å²) >= 11 is 0. The van der Waals surface area contributed by atoms with Crippen LogP contribution in [0.1, 0.15) is 258 Å². The molecule has 3 heterocycles. The van der Waals surface area contributed by atoms with E-state index >= 15 is 0 Å². The maximum Gasteiger partial charge on any atom is 0.220 e. The third kappa shape index (κ3) is 36.6. The summed E-state index contributed by atoms with van der Waals surface area (Å²) in [6, 6.07) is -0.907. The van der Waals surface area contributed by atoms with E-state index < -0.39 is 124 Å². The molecule has 12 N–H and O–H groups in total. The van der Waals surface area contributed by atoms with Crippen LogP contribution in [0.15, 0.2) is 72.9 Å². The molecule has 3 aliphatic rings. The Labute approximate surface area is 559 Å². The van der Waals surface area contributed by atoms with Crippen molar-refractivity contribution in [1.29, 1.82) is 0 Å². The van der Waals surface area contributed by atoms with Crippen LogP contribution in [0.4, 0.5) is 0 Å². The van der Waals surface area contributed by atoms with E-state index in [0.717, 1.165) is 89.9 Å². The third-order valence-corrected chi connectivity index (χ3v) is 18.0. The second-order valence-corrected chi connectivity index (χ2v) is 26.0. The van der Waals surface area contributed by atoms with Crippen LogP contribution in [0.25, 0.3) is 0 Å². The van der Waals surface area contributed by atoms with Crippen molar-refractivity contribution in [3.63, 3.8) is 0 Å². The molecule has 0 aromatic rings. The SMILES string of the molecule is CC/C=C\C/C=C\C/C=C\C/C=C\C/C=C\C/C=C\CCCCCCC(=O)NC(COC1OC(CO)C(OC2OC(CO)C(OC3OC(CO)C(O)C(O)C3O)C(O)C2O)C(O)C1O)C(O)CCCCCCCCCCCCCCCCCCCCCCCCCCC. The first kappa shape index (κ1) is 84.5. The summed E-state index contributed by atoms with van der Waals surface area (Å²) in [7, 11) is 0. The van der Waals surface area contributed by atoms with Crippen molar-refractivity contribution in [3.05, 3.63) is 72.9 Å². The molecule has 3 rings (SSSR count). The number of rotatable bonds is 56. The predicted octanol–water partition coefficient (Wildman–Crippen LogP) is 10.5. The minimum Gasteiger partial charge on any atom is -0.394 e. The summed E-state index contributed by atoms with van der Waals surface area (Å²) in [5.74, 6) is -0.267. The van der Waals surface area contributed by atoms with E-state index in [1.54, 1.807) is 0 Å². The van der Waals surface area contributed by atoms with Gasteiger partial charge in [0.1, 0.15) is 73.2 Å². The molecular weight excluding hydrogens is 1190 g/mol. The Balaban J connectivity index is 1.43. The Morgan fingerprint density at radius 2 is 0.742 bits per heavy atom. The van der Waals surface area contributed by atoms with Crippen molar-refractivity contribution >= 4 is 5.91 Å². The summed E-state index contributed by atoms with van der Waals surface area (Å²) < 4.78 is 34.4. The Hall–Kier alpha value is -2.77. The first-order valence-corrected chi connectivity index (χ1v) is 36.7. The summed E-state index contributed by atoms with van der Waals surface area (Å²) in [4.78, 5) is 13.4. The molecule has 0 aromatic carbocycles. The van der Waals surface area contributed by atoms with E-state index in [2.05, 4.69) is 92.1 Å². The van der Waals surface area contributed by atoms with E-state index in [-0.39, 0.29) is 18.9 Å². The van der Waals surface area contributed by atoms with Gasteiger partial charge in [0.05, 0.1) is 38.6 Å². The second kappa shape index (κ2) is 55.1. The molecule has 3 aliphatic heterocycles. The smallest absolute Gasteiger partial charge is 0.220 e. The molecule has 19 nitrogen and oxygen atoms in total. The van der Waals surface area contributed by atoms with Crippen molar-refractivity contribution in [1.82, 2.24) is 5.32 Å². The Kier molecular flexibility index (Phi) is 50.1. The van der Waals surface area contributed by atoms with Gasteiger partial charge in [0.2, 0.25) is 5.91 Å². The molecule has 3 saturated heterocycles. The predicted molar refractivity (Wildman–Crippen MR) is 365 cm³/mol. The van der Waals surface area contributed by atoms with Gasteiger partial charge < -0.3 is 89.9 Å². The Bertz CT molecular complexity index is 1970. The Morgan fingerprint density at radius 3 is 1.16 bits per heavy atom. The van der Waals surface area contributed by atoms with E-state index in [4.69, 9.17) is 28.4 Å². The van der Waals surface area contributed by atoms with Gasteiger partial charge in [-0.05, 0) is 64.2 Å². The number of aliphatic hydroxyl groups excluding tert-OH is 11. The molecule has 0 radical (unpaired) electrons. The van der Waals surface area contributed by atoms with Gasteiger partial charge in [0.15, 0.2) is 18.9 Å². The second-order valence-electron chi connectivity index (χ2n) is 26.0. The number of allylic oxidation sites excluding steroid dienone is 12. The number of nitrogens with one attached hydrogen (secondary N) is 1. The standard InChI is InChI=1S/C74H131NO18/c1-3-5-7-9-11-13-15-17-19-21-23-25-27-28-30-31-33-35-37-39-41-43-45-47-49-51-58(79)57(75-62(80)52-50-48-46-44-42-40-38-36-34-32-29-26-24-22-20-18-16-14-12-10-8-6-4-2)56-88-72-68(86)65(83)70(60(54-77)90-72)93-74-69(87)66(84)71(61(55-78)91-74)92-73-67(85)64(82)63(81)59(53-76)89-73/h6,8,12,14,18,20,24,26,32,34,38,40,57-61,63-74,76-79,81-87H,3-5,7,9-11,13,15-17,19,21-23,25,27-31,33,35-37,39,41-56H2,1-2H3,(H,75,80)/b8-6-,14-12-,20-18-,26-24-,34-32-,40-38-. The fraction of sp³-hybridized carbons (Fsp3) is 0.824. The number of hydrogen-bond donors (Lipinski definition) is 12. The van der Waals surface area contributed by atoms with E-state index in [1.165, 1.54) is 135 Å². The van der Waals surface area contributed by atoms with Gasteiger partial charge in [-0.15, -0.1) is 0 Å². The number of ether oxygens (including phenoxy) is 6. The van der Waals surface area contributed by atoms with Gasteiger partial charge in [0.25, 0.3) is 0 Å². The van der Waals surface area contributed by atoms with Crippen LogP contribution < -0.4 is 5.32 Å². The molecule has 0 bridgehead atoms. The van der Waals surface area contributed by atoms with Crippen molar-refractivity contribution in [2.24, 2.45) is 0 Å². The lowest BCUT2D eigenvalue weighted by Gasteiger charge is -2.48. The van der Waals surface area contributed by atoms with Crippen LogP contribution in [0.2, 0.25) is 0 Å². The molecule has 0 spiro atoms. The molecule has 17 atom stereocenters. The zero-order chi connectivity index (χ0) is 67.5. The molecule has 0 aliphatic carbocycles. The van der Waals surface area contributed by atoms with E-state index in [0.29, 0.717) is 12.8 Å². The first-order valence-electron chi connectivity index (χ1n) is 36.7. The van der Waals surface area contributed by atoms with Gasteiger partial charge >= 0.3 is 0 Å². The number of carbonyl (C=O) groups excluding carboxylic acids is 1. The molecule has 540 valence electrons. The number of carbonyl (C=O) groups is 1. The molecule has 1 amide bonds. The van der Waals surface area contributed by atoms with Crippen molar-refractivity contribution in [2.45, 2.75) is 362 Å². The largest absolute Gasteiger partial charge is 0.394 e. The molecule has 3 fully saturated rings. The van der Waals surface area contributed by atoms with Gasteiger partial charge in [0, 0.05) is 6.42 Å². The highest BCUT2D eigenvalue weighted by Crippen LogP contribution is 2.33. The normalized spacial score (nSPS) is 27.9. The summed E-state index contributed by atoms with van der Waals surface area (Å²) in [5.41, 5.74) is 0. The van der Waals surface area contributed by atoms with Gasteiger partial charge in [-0.2, -0.15) is 0 Å². The van der Waals surface area contributed by atoms with Crippen LogP contribution in [-0.2, 0) is 33.2 Å². The van der Waals surface area contributed by atoms with E-state index in [9.17, 15) is 61.0 Å². The Morgan fingerprint density at radius 1 is 0.398 bits per heavy atom. The fourth-order valence-electron chi connectivity index (χ4n) is 12.1. The van der Waals surface area contributed by atoms with Gasteiger partial charge in [-0.1, -0.05) is 260 Å². The zero-order valence-corrected chi connectivity index (χ0v) is 57.2. The number of unbranched alkanes of at least 4 members (excludes halogenated alkanes) is 28. The van der Waals surface area contributed by atoms with Crippen LogP contribution >= 0.6 is 0 Å². The lowest BCUT2D eigenvalue weighted by molar-refractivity contribution is -0.379. The van der Waals surface area contributed by atoms with Crippen molar-refractivity contribution in [2.75, 3.05) is 26.4 Å². The minimum atomic E-state index is -1.98. The molecular formula is C74H131NO18. The maximum atomic E-state index is 13.4. The summed E-state index contributed by atoms with van der Waals surface area (Å²) in [6.07, 6.45) is 42.6. The zero-order valence-electron chi connectivity index (χ0n) is 57.2. The molecule has 93 heavy (non-hydrogen) atoms. The van der Waals surface area contributed by atoms with Gasteiger partial charge in [-0.3, -0.25) is 4.79 Å². The molecule has 19 heteroatoms. The van der Waals surface area contributed by atoms with Crippen LogP contribution in [0, 0.1) is 0 Å². The monoisotopic (exact) mass is 1320 g/mol. The van der Waals surface area contributed by atoms with Crippen LogP contribution in [-0.4, -0.2) is 193 Å². The quantitative estimate of drug-likeness (QED) is 0.0199. The van der Waals surface area contributed by atoms with E-state index in [1.807, 2.05) is 0 Å².